The van der Waals surface area contributed by atoms with Gasteiger partial charge in [-0.05, 0) is 38.8 Å². The Kier molecular flexibility index (Phi) is 4.93. The lowest BCUT2D eigenvalue weighted by atomic mass is 9.90. The van der Waals surface area contributed by atoms with E-state index in [1.165, 1.54) is 6.92 Å². The van der Waals surface area contributed by atoms with Crippen LogP contribution in [0.4, 0.5) is 0 Å². The zero-order valence-corrected chi connectivity index (χ0v) is 14.8. The number of carboxylic acid groups (broad SMARTS) is 1. The molecule has 6 nitrogen and oxygen atoms in total. The maximum Gasteiger partial charge on any atom is 0.308 e. The van der Waals surface area contributed by atoms with Crippen LogP contribution in [0.3, 0.4) is 0 Å². The van der Waals surface area contributed by atoms with Gasteiger partial charge in [-0.25, -0.2) is 0 Å². The molecule has 1 fully saturated rings. The molecule has 0 saturated carbocycles. The lowest BCUT2D eigenvalue weighted by Gasteiger charge is -2.36. The van der Waals surface area contributed by atoms with Gasteiger partial charge in [0.05, 0.1) is 5.92 Å². The number of ketones is 1. The van der Waals surface area contributed by atoms with E-state index in [4.69, 9.17) is 4.42 Å². The molecule has 1 N–H and O–H groups in total. The van der Waals surface area contributed by atoms with E-state index in [2.05, 4.69) is 0 Å². The molecule has 1 saturated heterocycles. The van der Waals surface area contributed by atoms with Gasteiger partial charge in [0.25, 0.3) is 5.91 Å². The summed E-state index contributed by atoms with van der Waals surface area (Å²) in [7, 11) is 0. The summed E-state index contributed by atoms with van der Waals surface area (Å²) in [5, 5.41) is 9.31. The highest BCUT2D eigenvalue weighted by molar-refractivity contribution is 5.95. The molecular formula is C20H21NO5. The van der Waals surface area contributed by atoms with Crippen molar-refractivity contribution in [2.75, 3.05) is 6.54 Å². The summed E-state index contributed by atoms with van der Waals surface area (Å²) in [6.07, 6.45) is 1.24. The van der Waals surface area contributed by atoms with Crippen molar-refractivity contribution in [2.45, 2.75) is 32.7 Å². The Labute approximate surface area is 151 Å². The molecule has 0 aliphatic carbocycles. The third kappa shape index (κ3) is 3.40. The average molecular weight is 355 g/mol. The largest absolute Gasteiger partial charge is 0.481 e. The van der Waals surface area contributed by atoms with Crippen molar-refractivity contribution in [1.82, 2.24) is 4.90 Å². The summed E-state index contributed by atoms with van der Waals surface area (Å²) >= 11 is 0. The average Bonchev–Trinajstić information content (AvgIpc) is 3.11. The van der Waals surface area contributed by atoms with Gasteiger partial charge in [0, 0.05) is 23.7 Å². The van der Waals surface area contributed by atoms with Gasteiger partial charge in [0.1, 0.15) is 5.76 Å². The molecule has 2 heterocycles. The first kappa shape index (κ1) is 17.9. The molecule has 2 aromatic rings. The summed E-state index contributed by atoms with van der Waals surface area (Å²) in [5.74, 6) is -1.02. The molecule has 3 rings (SSSR count). The minimum Gasteiger partial charge on any atom is -0.481 e. The van der Waals surface area contributed by atoms with E-state index in [0.717, 1.165) is 5.56 Å². The number of amides is 1. The fourth-order valence-corrected chi connectivity index (χ4v) is 3.38. The Morgan fingerprint density at radius 2 is 1.81 bits per heavy atom. The smallest absolute Gasteiger partial charge is 0.308 e. The molecule has 0 spiro atoms. The number of carbonyl (C=O) groups excluding carboxylic acids is 2. The van der Waals surface area contributed by atoms with Crippen molar-refractivity contribution >= 4 is 17.7 Å². The molecule has 2 atom stereocenters. The Morgan fingerprint density at radius 3 is 2.42 bits per heavy atom. The number of hydrogen-bond donors (Lipinski definition) is 1. The summed E-state index contributed by atoms with van der Waals surface area (Å²) in [5.41, 5.74) is 1.38. The number of nitrogens with zero attached hydrogens (tertiary/aromatic N) is 1. The number of benzene rings is 1. The third-order valence-corrected chi connectivity index (χ3v) is 4.96. The molecule has 0 bridgehead atoms. The van der Waals surface area contributed by atoms with Crippen molar-refractivity contribution in [3.8, 4) is 11.3 Å². The number of Topliss-reactive ketones (excluding diaryl/α,β-unsaturated/α-hetero) is 1. The second-order valence-electron chi connectivity index (χ2n) is 6.62. The third-order valence-electron chi connectivity index (χ3n) is 4.96. The predicted octanol–water partition coefficient (Wildman–Crippen LogP) is 3.47. The van der Waals surface area contributed by atoms with Crippen LogP contribution in [0.15, 0.2) is 40.8 Å². The molecule has 26 heavy (non-hydrogen) atoms. The SMILES string of the molecule is CC(=O)c1ccc(-c2ccc(C(=O)N3CCC[C@@H](C(=O)O)[C@H]3C)o2)cc1. The van der Waals surface area contributed by atoms with Gasteiger partial charge < -0.3 is 14.4 Å². The van der Waals surface area contributed by atoms with Gasteiger partial charge in [-0.3, -0.25) is 14.4 Å². The van der Waals surface area contributed by atoms with Gasteiger partial charge in [-0.15, -0.1) is 0 Å². The van der Waals surface area contributed by atoms with E-state index < -0.39 is 11.9 Å². The van der Waals surface area contributed by atoms with E-state index in [9.17, 15) is 19.5 Å². The van der Waals surface area contributed by atoms with Gasteiger partial charge in [-0.1, -0.05) is 24.3 Å². The van der Waals surface area contributed by atoms with Crippen LogP contribution in [0, 0.1) is 5.92 Å². The number of hydrogen-bond acceptors (Lipinski definition) is 4. The van der Waals surface area contributed by atoms with Gasteiger partial charge >= 0.3 is 5.97 Å². The van der Waals surface area contributed by atoms with Crippen molar-refractivity contribution in [3.05, 3.63) is 47.7 Å². The van der Waals surface area contributed by atoms with E-state index in [-0.39, 0.29) is 23.5 Å². The fourth-order valence-electron chi connectivity index (χ4n) is 3.38. The number of furan rings is 1. The highest BCUT2D eigenvalue weighted by Crippen LogP contribution is 2.28. The van der Waals surface area contributed by atoms with Gasteiger partial charge in [-0.2, -0.15) is 0 Å². The van der Waals surface area contributed by atoms with Crippen molar-refractivity contribution < 1.29 is 23.9 Å². The Hall–Kier alpha value is -2.89. The number of carboxylic acids is 1. The number of aliphatic carboxylic acids is 1. The van der Waals surface area contributed by atoms with Crippen molar-refractivity contribution in [1.29, 1.82) is 0 Å². The molecule has 1 aliphatic heterocycles. The van der Waals surface area contributed by atoms with Crippen LogP contribution in [-0.4, -0.2) is 40.3 Å². The van der Waals surface area contributed by atoms with Crippen LogP contribution in [0.5, 0.6) is 0 Å². The molecular weight excluding hydrogens is 334 g/mol. The summed E-state index contributed by atoms with van der Waals surface area (Å²) in [6.45, 7) is 3.79. The van der Waals surface area contributed by atoms with Gasteiger partial charge in [0.2, 0.25) is 0 Å². The molecule has 1 aromatic heterocycles. The molecule has 0 radical (unpaired) electrons. The topological polar surface area (TPSA) is 87.8 Å². The Morgan fingerprint density at radius 1 is 1.12 bits per heavy atom. The van der Waals surface area contributed by atoms with Crippen LogP contribution in [0.2, 0.25) is 0 Å². The minimum absolute atomic E-state index is 0.0149. The van der Waals surface area contributed by atoms with Crippen LogP contribution in [-0.2, 0) is 4.79 Å². The standard InChI is InChI=1S/C20H21NO5/c1-12-16(20(24)25)4-3-11-21(12)19(23)18-10-9-17(26-18)15-7-5-14(6-8-15)13(2)22/h5-10,12,16H,3-4,11H2,1-2H3,(H,24,25)/t12-,16-/m1/s1. The second-order valence-corrected chi connectivity index (χ2v) is 6.62. The van der Waals surface area contributed by atoms with E-state index in [1.807, 2.05) is 0 Å². The molecule has 1 aromatic carbocycles. The zero-order chi connectivity index (χ0) is 18.8. The lowest BCUT2D eigenvalue weighted by molar-refractivity contribution is -0.145. The number of likely N-dealkylation sites (tertiary alicyclic amines) is 1. The maximum absolute atomic E-state index is 12.8. The molecule has 0 unspecified atom stereocenters. The number of piperidine rings is 1. The monoisotopic (exact) mass is 355 g/mol. The summed E-state index contributed by atoms with van der Waals surface area (Å²) < 4.78 is 5.71. The van der Waals surface area contributed by atoms with E-state index >= 15 is 0 Å². The normalized spacial score (nSPS) is 20.0. The quantitative estimate of drug-likeness (QED) is 0.849. The maximum atomic E-state index is 12.8. The van der Waals surface area contributed by atoms with Crippen LogP contribution in [0.25, 0.3) is 11.3 Å². The molecule has 136 valence electrons. The predicted molar refractivity (Wildman–Crippen MR) is 95.0 cm³/mol. The van der Waals surface area contributed by atoms with Crippen LogP contribution in [0.1, 0.15) is 47.6 Å². The fraction of sp³-hybridized carbons (Fsp3) is 0.350. The summed E-state index contributed by atoms with van der Waals surface area (Å²) in [6, 6.07) is 9.91. The first-order valence-electron chi connectivity index (χ1n) is 8.63. The van der Waals surface area contributed by atoms with E-state index in [0.29, 0.717) is 30.7 Å². The van der Waals surface area contributed by atoms with Crippen molar-refractivity contribution in [3.63, 3.8) is 0 Å². The molecule has 6 heteroatoms. The summed E-state index contributed by atoms with van der Waals surface area (Å²) in [4.78, 5) is 37.0. The Balaban J connectivity index is 1.79. The first-order valence-corrected chi connectivity index (χ1v) is 8.63. The second kappa shape index (κ2) is 7.15. The highest BCUT2D eigenvalue weighted by atomic mass is 16.4. The Bertz CT molecular complexity index is 836. The van der Waals surface area contributed by atoms with Gasteiger partial charge in [0.15, 0.2) is 11.5 Å². The lowest BCUT2D eigenvalue weighted by Crippen LogP contribution is -2.49. The highest BCUT2D eigenvalue weighted by Gasteiger charge is 2.36. The van der Waals surface area contributed by atoms with Crippen molar-refractivity contribution in [2.24, 2.45) is 5.92 Å². The van der Waals surface area contributed by atoms with E-state index in [1.54, 1.807) is 48.2 Å². The first-order chi connectivity index (χ1) is 12.4. The molecule has 1 amide bonds. The molecule has 1 aliphatic rings. The minimum atomic E-state index is -0.874. The number of carbonyl (C=O) groups is 3. The van der Waals surface area contributed by atoms with Crippen LogP contribution >= 0.6 is 0 Å². The zero-order valence-electron chi connectivity index (χ0n) is 14.8. The van der Waals surface area contributed by atoms with Crippen LogP contribution < -0.4 is 0 Å². The number of rotatable bonds is 4.